The molecule has 134 valence electrons. The molecule has 0 amide bonds. The zero-order valence-corrected chi connectivity index (χ0v) is 15.6. The molecular weight excluding hydrogens is 346 g/mol. The Kier molecular flexibility index (Phi) is 3.01. The van der Waals surface area contributed by atoms with Gasteiger partial charge in [0.1, 0.15) is 22.5 Å². The molecule has 0 saturated carbocycles. The molecule has 3 aromatic heterocycles. The Labute approximate surface area is 161 Å². The number of fused-ring (bicyclic) bond motifs is 7. The van der Waals surface area contributed by atoms with Gasteiger partial charge in [-0.1, -0.05) is 18.2 Å². The summed E-state index contributed by atoms with van der Waals surface area (Å²) in [6.07, 6.45) is 1.81. The first-order chi connectivity index (χ1) is 13.7. The van der Waals surface area contributed by atoms with Gasteiger partial charge < -0.3 is 8.83 Å². The fourth-order valence-electron chi connectivity index (χ4n) is 4.30. The number of hydrogen-bond acceptors (Lipinski definition) is 3. The number of furan rings is 2. The maximum atomic E-state index is 6.33. The first-order valence-electron chi connectivity index (χ1n) is 9.40. The van der Waals surface area contributed by atoms with Gasteiger partial charge in [0.05, 0.1) is 5.69 Å². The second kappa shape index (κ2) is 5.46. The number of para-hydroxylation sites is 1. The number of rotatable bonds is 1. The Morgan fingerprint density at radius 1 is 0.679 bits per heavy atom. The van der Waals surface area contributed by atoms with Crippen molar-refractivity contribution >= 4 is 43.7 Å². The van der Waals surface area contributed by atoms with E-state index in [1.165, 1.54) is 21.7 Å². The van der Waals surface area contributed by atoms with E-state index in [2.05, 4.69) is 54.4 Å². The van der Waals surface area contributed by atoms with Crippen LogP contribution in [-0.4, -0.2) is 4.98 Å². The summed E-state index contributed by atoms with van der Waals surface area (Å²) in [6, 6.07) is 20.6. The van der Waals surface area contributed by atoms with Crippen LogP contribution in [0.3, 0.4) is 0 Å². The van der Waals surface area contributed by atoms with Crippen LogP contribution in [0.2, 0.25) is 0 Å². The second-order valence-electron chi connectivity index (χ2n) is 7.26. The van der Waals surface area contributed by atoms with Crippen molar-refractivity contribution in [2.45, 2.75) is 13.8 Å². The molecule has 3 nitrogen and oxygen atoms in total. The fourth-order valence-corrected chi connectivity index (χ4v) is 4.30. The van der Waals surface area contributed by atoms with Gasteiger partial charge in [0.25, 0.3) is 0 Å². The molecule has 0 bridgehead atoms. The van der Waals surface area contributed by atoms with E-state index < -0.39 is 0 Å². The maximum absolute atomic E-state index is 6.33. The van der Waals surface area contributed by atoms with Gasteiger partial charge in [0, 0.05) is 27.9 Å². The molecule has 0 N–H and O–H groups in total. The van der Waals surface area contributed by atoms with Crippen LogP contribution in [0, 0.1) is 13.8 Å². The minimum absolute atomic E-state index is 0.879. The van der Waals surface area contributed by atoms with E-state index in [-0.39, 0.29) is 0 Å². The number of aromatic nitrogens is 1. The number of benzene rings is 3. The van der Waals surface area contributed by atoms with E-state index in [0.717, 1.165) is 44.5 Å². The number of hydrogen-bond donors (Lipinski definition) is 0. The molecule has 3 heteroatoms. The summed E-state index contributed by atoms with van der Waals surface area (Å²) >= 11 is 0. The van der Waals surface area contributed by atoms with Crippen molar-refractivity contribution in [3.05, 3.63) is 78.2 Å². The SMILES string of the molecule is Cc1oc2ccc3c(ccc4oc5c(-c6ccccn6)cccc5c43)c2c1C. The standard InChI is InChI=1S/C25H17NO2/c1-14-15(2)27-21-11-10-17-16(23(14)21)9-12-22-24(17)19-7-5-6-18(25(19)28-22)20-8-3-4-13-26-20/h3-13H,1-2H3. The maximum Gasteiger partial charge on any atom is 0.144 e. The summed E-state index contributed by atoms with van der Waals surface area (Å²) < 4.78 is 12.3. The van der Waals surface area contributed by atoms with Crippen LogP contribution in [0.15, 0.2) is 75.7 Å². The highest BCUT2D eigenvalue weighted by Crippen LogP contribution is 2.41. The number of aryl methyl sites for hydroxylation is 2. The van der Waals surface area contributed by atoms with E-state index in [1.807, 2.05) is 31.3 Å². The van der Waals surface area contributed by atoms with Crippen molar-refractivity contribution < 1.29 is 8.83 Å². The van der Waals surface area contributed by atoms with Gasteiger partial charge in [0.15, 0.2) is 0 Å². The summed E-state index contributed by atoms with van der Waals surface area (Å²) in [5.41, 5.74) is 5.83. The van der Waals surface area contributed by atoms with Crippen molar-refractivity contribution in [1.82, 2.24) is 4.98 Å². The Bertz CT molecular complexity index is 1520. The molecule has 6 rings (SSSR count). The lowest BCUT2D eigenvalue weighted by Crippen LogP contribution is -1.82. The third kappa shape index (κ3) is 1.96. The third-order valence-corrected chi connectivity index (χ3v) is 5.73. The van der Waals surface area contributed by atoms with Crippen molar-refractivity contribution in [2.24, 2.45) is 0 Å². The quantitative estimate of drug-likeness (QED) is 0.311. The molecule has 0 unspecified atom stereocenters. The molecule has 6 aromatic rings. The molecule has 0 spiro atoms. The smallest absolute Gasteiger partial charge is 0.144 e. The fraction of sp³-hybridized carbons (Fsp3) is 0.0800. The molecule has 0 radical (unpaired) electrons. The molecule has 0 atom stereocenters. The Morgan fingerprint density at radius 2 is 1.46 bits per heavy atom. The van der Waals surface area contributed by atoms with Crippen LogP contribution in [0.25, 0.3) is 54.9 Å². The molecular formula is C25H17NO2. The molecule has 0 aliphatic rings. The lowest BCUT2D eigenvalue weighted by atomic mass is 9.98. The van der Waals surface area contributed by atoms with Crippen molar-refractivity contribution in [2.75, 3.05) is 0 Å². The van der Waals surface area contributed by atoms with Gasteiger partial charge in [-0.2, -0.15) is 0 Å². The van der Waals surface area contributed by atoms with E-state index in [4.69, 9.17) is 8.83 Å². The highest BCUT2D eigenvalue weighted by molar-refractivity contribution is 6.24. The average molecular weight is 363 g/mol. The van der Waals surface area contributed by atoms with Crippen molar-refractivity contribution in [3.63, 3.8) is 0 Å². The van der Waals surface area contributed by atoms with Crippen LogP contribution < -0.4 is 0 Å². The molecule has 0 aliphatic heterocycles. The Balaban J connectivity index is 1.79. The van der Waals surface area contributed by atoms with Crippen LogP contribution in [-0.2, 0) is 0 Å². The number of pyridine rings is 1. The van der Waals surface area contributed by atoms with Gasteiger partial charge >= 0.3 is 0 Å². The van der Waals surface area contributed by atoms with E-state index in [1.54, 1.807) is 0 Å². The third-order valence-electron chi connectivity index (χ3n) is 5.73. The van der Waals surface area contributed by atoms with Gasteiger partial charge in [-0.05, 0) is 72.6 Å². The first kappa shape index (κ1) is 15.5. The highest BCUT2D eigenvalue weighted by Gasteiger charge is 2.17. The van der Waals surface area contributed by atoms with Gasteiger partial charge in [-0.25, -0.2) is 0 Å². The lowest BCUT2D eigenvalue weighted by Gasteiger charge is -2.02. The van der Waals surface area contributed by atoms with Crippen LogP contribution in [0.5, 0.6) is 0 Å². The van der Waals surface area contributed by atoms with Crippen LogP contribution >= 0.6 is 0 Å². The average Bonchev–Trinajstić information content (AvgIpc) is 3.26. The zero-order valence-electron chi connectivity index (χ0n) is 15.6. The summed E-state index contributed by atoms with van der Waals surface area (Å²) in [4.78, 5) is 4.51. The molecule has 0 fully saturated rings. The zero-order chi connectivity index (χ0) is 18.8. The largest absolute Gasteiger partial charge is 0.461 e. The highest BCUT2D eigenvalue weighted by atomic mass is 16.3. The normalized spacial score (nSPS) is 11.9. The Hall–Kier alpha value is -3.59. The topological polar surface area (TPSA) is 39.2 Å². The van der Waals surface area contributed by atoms with Gasteiger partial charge in [-0.15, -0.1) is 0 Å². The molecule has 28 heavy (non-hydrogen) atoms. The monoisotopic (exact) mass is 363 g/mol. The molecule has 0 aliphatic carbocycles. The van der Waals surface area contributed by atoms with E-state index >= 15 is 0 Å². The van der Waals surface area contributed by atoms with Gasteiger partial charge in [-0.3, -0.25) is 4.98 Å². The predicted molar refractivity (Wildman–Crippen MR) is 114 cm³/mol. The summed E-state index contributed by atoms with van der Waals surface area (Å²) in [5.74, 6) is 0.970. The van der Waals surface area contributed by atoms with Crippen molar-refractivity contribution in [1.29, 1.82) is 0 Å². The van der Waals surface area contributed by atoms with Gasteiger partial charge in [0.2, 0.25) is 0 Å². The minimum atomic E-state index is 0.879. The minimum Gasteiger partial charge on any atom is -0.461 e. The summed E-state index contributed by atoms with van der Waals surface area (Å²) in [6.45, 7) is 4.14. The summed E-state index contributed by atoms with van der Waals surface area (Å²) in [7, 11) is 0. The molecule has 3 aromatic carbocycles. The predicted octanol–water partition coefficient (Wildman–Crippen LogP) is 7.16. The molecule has 3 heterocycles. The lowest BCUT2D eigenvalue weighted by molar-refractivity contribution is 0.575. The second-order valence-corrected chi connectivity index (χ2v) is 7.26. The molecule has 0 saturated heterocycles. The van der Waals surface area contributed by atoms with Crippen LogP contribution in [0.4, 0.5) is 0 Å². The van der Waals surface area contributed by atoms with E-state index in [0.29, 0.717) is 0 Å². The van der Waals surface area contributed by atoms with Crippen molar-refractivity contribution in [3.8, 4) is 11.3 Å². The first-order valence-corrected chi connectivity index (χ1v) is 9.40. The summed E-state index contributed by atoms with van der Waals surface area (Å²) in [5, 5.41) is 5.83. The number of nitrogens with zero attached hydrogens (tertiary/aromatic N) is 1. The Morgan fingerprint density at radius 3 is 2.25 bits per heavy atom. The van der Waals surface area contributed by atoms with E-state index in [9.17, 15) is 0 Å². The van der Waals surface area contributed by atoms with Crippen LogP contribution in [0.1, 0.15) is 11.3 Å².